The Balaban J connectivity index is 2.15. The maximum atomic E-state index is 13.3. The summed E-state index contributed by atoms with van der Waals surface area (Å²) < 4.78 is 13.7. The molecule has 0 aliphatic carbocycles. The maximum absolute atomic E-state index is 13.3. The summed E-state index contributed by atoms with van der Waals surface area (Å²) in [7, 11) is 0. The summed E-state index contributed by atoms with van der Waals surface area (Å²) in [4.78, 5) is 0. The van der Waals surface area contributed by atoms with Crippen LogP contribution >= 0.6 is 15.9 Å². The number of benzene rings is 3. The maximum Gasteiger partial charge on any atom is 0.137 e. The number of aliphatic hydroxyl groups is 1. The molecule has 0 heterocycles. The van der Waals surface area contributed by atoms with Gasteiger partial charge >= 0.3 is 0 Å². The number of fused-ring (bicyclic) bond motifs is 1. The van der Waals surface area contributed by atoms with Crippen molar-refractivity contribution in [1.29, 1.82) is 0 Å². The zero-order chi connectivity index (χ0) is 15.0. The average Bonchev–Trinajstić information content (AvgIpc) is 2.50. The van der Waals surface area contributed by atoms with Gasteiger partial charge in [-0.1, -0.05) is 42.5 Å². The van der Waals surface area contributed by atoms with Crippen LogP contribution in [0.1, 0.15) is 22.8 Å². The Bertz CT molecular complexity index is 813. The Morgan fingerprint density at radius 3 is 2.43 bits per heavy atom. The van der Waals surface area contributed by atoms with Gasteiger partial charge in [0.05, 0.1) is 4.47 Å². The van der Waals surface area contributed by atoms with Crippen LogP contribution in [-0.4, -0.2) is 5.11 Å². The van der Waals surface area contributed by atoms with Crippen molar-refractivity contribution >= 4 is 26.7 Å². The van der Waals surface area contributed by atoms with E-state index in [1.54, 1.807) is 12.1 Å². The lowest BCUT2D eigenvalue weighted by atomic mass is 9.94. The summed E-state index contributed by atoms with van der Waals surface area (Å²) in [6.45, 7) is 2.05. The number of aryl methyl sites for hydroxylation is 1. The Morgan fingerprint density at radius 1 is 1.00 bits per heavy atom. The molecule has 3 aromatic carbocycles. The third-order valence-corrected chi connectivity index (χ3v) is 4.34. The number of halogens is 2. The third-order valence-electron chi connectivity index (χ3n) is 3.73. The molecule has 0 aliphatic heterocycles. The van der Waals surface area contributed by atoms with Gasteiger partial charge in [-0.3, -0.25) is 0 Å². The third kappa shape index (κ3) is 2.59. The van der Waals surface area contributed by atoms with E-state index in [0.29, 0.717) is 10.0 Å². The summed E-state index contributed by atoms with van der Waals surface area (Å²) in [6.07, 6.45) is -0.785. The Labute approximate surface area is 131 Å². The van der Waals surface area contributed by atoms with E-state index in [1.807, 2.05) is 43.3 Å². The fourth-order valence-corrected chi connectivity index (χ4v) is 2.97. The highest BCUT2D eigenvalue weighted by molar-refractivity contribution is 9.10. The molecule has 0 radical (unpaired) electrons. The molecule has 0 bridgehead atoms. The first-order chi connectivity index (χ1) is 10.1. The molecule has 0 fully saturated rings. The van der Waals surface area contributed by atoms with Gasteiger partial charge in [0.2, 0.25) is 0 Å². The molecular formula is C18H14BrFO. The molecule has 106 valence electrons. The van der Waals surface area contributed by atoms with Gasteiger partial charge in [-0.2, -0.15) is 0 Å². The van der Waals surface area contributed by atoms with Crippen molar-refractivity contribution in [2.24, 2.45) is 0 Å². The Hall–Kier alpha value is -1.71. The summed E-state index contributed by atoms with van der Waals surface area (Å²) in [5.74, 6) is -0.334. The smallest absolute Gasteiger partial charge is 0.137 e. The first-order valence-electron chi connectivity index (χ1n) is 6.69. The second-order valence-corrected chi connectivity index (χ2v) is 5.95. The van der Waals surface area contributed by atoms with Crippen LogP contribution in [0.4, 0.5) is 4.39 Å². The summed E-state index contributed by atoms with van der Waals surface area (Å²) >= 11 is 3.16. The molecule has 1 unspecified atom stereocenters. The van der Waals surface area contributed by atoms with E-state index in [4.69, 9.17) is 0 Å². The fraction of sp³-hybridized carbons (Fsp3) is 0.111. The van der Waals surface area contributed by atoms with Crippen molar-refractivity contribution in [3.63, 3.8) is 0 Å². The molecule has 0 amide bonds. The standard InChI is InChI=1S/C18H14BrFO/c1-11-6-8-15(14-5-3-2-4-13(11)14)18(21)12-7-9-17(20)16(19)10-12/h2-10,18,21H,1H3. The predicted molar refractivity (Wildman–Crippen MR) is 86.8 cm³/mol. The monoisotopic (exact) mass is 344 g/mol. The van der Waals surface area contributed by atoms with Crippen molar-refractivity contribution < 1.29 is 9.50 Å². The minimum atomic E-state index is -0.785. The molecule has 0 aromatic heterocycles. The van der Waals surface area contributed by atoms with Gasteiger partial charge in [0.15, 0.2) is 0 Å². The van der Waals surface area contributed by atoms with E-state index in [-0.39, 0.29) is 5.82 Å². The zero-order valence-electron chi connectivity index (χ0n) is 11.5. The van der Waals surface area contributed by atoms with E-state index in [2.05, 4.69) is 15.9 Å². The predicted octanol–water partition coefficient (Wildman–Crippen LogP) is 5.13. The van der Waals surface area contributed by atoms with Gasteiger partial charge in [-0.15, -0.1) is 0 Å². The molecule has 1 N–H and O–H groups in total. The van der Waals surface area contributed by atoms with Gasteiger partial charge < -0.3 is 5.11 Å². The van der Waals surface area contributed by atoms with Gasteiger partial charge in [0, 0.05) is 0 Å². The number of hydrogen-bond acceptors (Lipinski definition) is 1. The second kappa shape index (κ2) is 5.58. The average molecular weight is 345 g/mol. The highest BCUT2D eigenvalue weighted by Gasteiger charge is 2.15. The van der Waals surface area contributed by atoms with E-state index in [1.165, 1.54) is 11.6 Å². The molecule has 21 heavy (non-hydrogen) atoms. The van der Waals surface area contributed by atoms with E-state index in [0.717, 1.165) is 16.3 Å². The molecular weight excluding hydrogens is 331 g/mol. The van der Waals surface area contributed by atoms with Crippen LogP contribution in [0.2, 0.25) is 0 Å². The molecule has 3 heteroatoms. The minimum absolute atomic E-state index is 0.334. The van der Waals surface area contributed by atoms with E-state index >= 15 is 0 Å². The molecule has 1 atom stereocenters. The van der Waals surface area contributed by atoms with Crippen molar-refractivity contribution in [2.75, 3.05) is 0 Å². The first-order valence-corrected chi connectivity index (χ1v) is 7.48. The van der Waals surface area contributed by atoms with Crippen LogP contribution in [0.25, 0.3) is 10.8 Å². The van der Waals surface area contributed by atoms with E-state index in [9.17, 15) is 9.50 Å². The highest BCUT2D eigenvalue weighted by Crippen LogP contribution is 2.32. The number of hydrogen-bond donors (Lipinski definition) is 1. The normalized spacial score (nSPS) is 12.6. The van der Waals surface area contributed by atoms with Gasteiger partial charge in [0.1, 0.15) is 11.9 Å². The Morgan fingerprint density at radius 2 is 1.71 bits per heavy atom. The van der Waals surface area contributed by atoms with Crippen molar-refractivity contribution in [3.8, 4) is 0 Å². The van der Waals surface area contributed by atoms with Crippen molar-refractivity contribution in [3.05, 3.63) is 81.6 Å². The molecule has 3 rings (SSSR count). The number of aliphatic hydroxyl groups excluding tert-OH is 1. The van der Waals surface area contributed by atoms with Gasteiger partial charge in [-0.05, 0) is 62.4 Å². The largest absolute Gasteiger partial charge is 0.384 e. The lowest BCUT2D eigenvalue weighted by molar-refractivity contribution is 0.221. The van der Waals surface area contributed by atoms with E-state index < -0.39 is 6.10 Å². The highest BCUT2D eigenvalue weighted by atomic mass is 79.9. The molecule has 0 saturated carbocycles. The molecule has 3 aromatic rings. The van der Waals surface area contributed by atoms with Crippen molar-refractivity contribution in [2.45, 2.75) is 13.0 Å². The lowest BCUT2D eigenvalue weighted by Crippen LogP contribution is -2.01. The van der Waals surface area contributed by atoms with Crippen LogP contribution in [0.5, 0.6) is 0 Å². The second-order valence-electron chi connectivity index (χ2n) is 5.09. The van der Waals surface area contributed by atoms with Crippen LogP contribution in [0, 0.1) is 12.7 Å². The molecule has 1 nitrogen and oxygen atoms in total. The van der Waals surface area contributed by atoms with Crippen LogP contribution in [-0.2, 0) is 0 Å². The number of rotatable bonds is 2. The van der Waals surface area contributed by atoms with Crippen LogP contribution in [0.3, 0.4) is 0 Å². The quantitative estimate of drug-likeness (QED) is 0.683. The Kier molecular flexibility index (Phi) is 3.79. The van der Waals surface area contributed by atoms with Gasteiger partial charge in [0.25, 0.3) is 0 Å². The zero-order valence-corrected chi connectivity index (χ0v) is 13.1. The molecule has 0 spiro atoms. The van der Waals surface area contributed by atoms with Gasteiger partial charge in [-0.25, -0.2) is 4.39 Å². The van der Waals surface area contributed by atoms with Crippen LogP contribution < -0.4 is 0 Å². The minimum Gasteiger partial charge on any atom is -0.384 e. The summed E-state index contributed by atoms with van der Waals surface area (Å²) in [6, 6.07) is 16.5. The lowest BCUT2D eigenvalue weighted by Gasteiger charge is -2.16. The fourth-order valence-electron chi connectivity index (χ4n) is 2.57. The van der Waals surface area contributed by atoms with Crippen LogP contribution in [0.15, 0.2) is 59.1 Å². The molecule has 0 saturated heterocycles. The van der Waals surface area contributed by atoms with Crippen molar-refractivity contribution in [1.82, 2.24) is 0 Å². The summed E-state index contributed by atoms with van der Waals surface area (Å²) in [5.41, 5.74) is 2.66. The topological polar surface area (TPSA) is 20.2 Å². The SMILES string of the molecule is Cc1ccc(C(O)c2ccc(F)c(Br)c2)c2ccccc12. The summed E-state index contributed by atoms with van der Waals surface area (Å²) in [5, 5.41) is 12.8. The molecule has 0 aliphatic rings. The first kappa shape index (κ1) is 14.2.